The lowest BCUT2D eigenvalue weighted by atomic mass is 10.0. The van der Waals surface area contributed by atoms with Crippen molar-refractivity contribution in [1.29, 1.82) is 0 Å². The minimum absolute atomic E-state index is 0.168. The van der Waals surface area contributed by atoms with Gasteiger partial charge in [-0.1, -0.05) is 23.8 Å². The zero-order valence-electron chi connectivity index (χ0n) is 13.8. The van der Waals surface area contributed by atoms with E-state index in [1.54, 1.807) is 18.2 Å². The highest BCUT2D eigenvalue weighted by Gasteiger charge is 2.24. The van der Waals surface area contributed by atoms with Crippen LogP contribution in [0.25, 0.3) is 0 Å². The zero-order chi connectivity index (χ0) is 17.8. The number of aryl methyl sites for hydroxylation is 1. The summed E-state index contributed by atoms with van der Waals surface area (Å²) < 4.78 is 5.43. The molecule has 1 heterocycles. The first kappa shape index (κ1) is 17.4. The van der Waals surface area contributed by atoms with Crippen LogP contribution in [0.2, 0.25) is 0 Å². The van der Waals surface area contributed by atoms with E-state index < -0.39 is 12.0 Å². The first-order valence-electron chi connectivity index (χ1n) is 8.00. The number of carboxylic acid groups (broad SMARTS) is 1. The van der Waals surface area contributed by atoms with Crippen LogP contribution in [0, 0.1) is 6.92 Å². The lowest BCUT2D eigenvalue weighted by molar-refractivity contribution is -0.141. The number of thioether (sulfide) groups is 1. The van der Waals surface area contributed by atoms with Crippen molar-refractivity contribution >= 4 is 23.6 Å². The van der Waals surface area contributed by atoms with E-state index >= 15 is 0 Å². The van der Waals surface area contributed by atoms with Crippen LogP contribution in [0.1, 0.15) is 22.7 Å². The Hall–Kier alpha value is -2.47. The summed E-state index contributed by atoms with van der Waals surface area (Å²) in [7, 11) is 0. The highest BCUT2D eigenvalue weighted by molar-refractivity contribution is 8.00. The Balaban J connectivity index is 1.64. The van der Waals surface area contributed by atoms with Gasteiger partial charge in [-0.15, -0.1) is 11.8 Å². The molecule has 0 bridgehead atoms. The molecular weight excluding hydrogens is 338 g/mol. The normalized spacial score (nSPS) is 13.6. The molecule has 1 amide bonds. The molecule has 1 aliphatic rings. The van der Waals surface area contributed by atoms with Gasteiger partial charge in [0.15, 0.2) is 6.04 Å². The van der Waals surface area contributed by atoms with Gasteiger partial charge >= 0.3 is 5.97 Å². The first-order chi connectivity index (χ1) is 12.0. The number of hydrogen-bond acceptors (Lipinski definition) is 4. The molecule has 25 heavy (non-hydrogen) atoms. The van der Waals surface area contributed by atoms with Crippen LogP contribution in [-0.4, -0.2) is 29.3 Å². The smallest absolute Gasteiger partial charge is 0.330 e. The van der Waals surface area contributed by atoms with Crippen molar-refractivity contribution in [2.45, 2.75) is 24.3 Å². The Morgan fingerprint density at radius 1 is 1.24 bits per heavy atom. The molecule has 0 fully saturated rings. The average Bonchev–Trinajstić information content (AvgIpc) is 3.06. The number of benzene rings is 2. The second-order valence-corrected chi connectivity index (χ2v) is 6.95. The standard InChI is InChI=1S/C19H19NO4S/c1-12-2-5-15(6-3-12)25-11-17(21)20-18(19(22)23)14-4-7-16-13(10-14)8-9-24-16/h2-7,10,18H,8-9,11H2,1H3,(H,20,21)(H,22,23). The van der Waals surface area contributed by atoms with Gasteiger partial charge in [-0.3, -0.25) is 4.79 Å². The molecule has 1 atom stereocenters. The Bertz CT molecular complexity index is 789. The monoisotopic (exact) mass is 357 g/mol. The number of carbonyl (C=O) groups excluding carboxylic acids is 1. The molecule has 3 rings (SSSR count). The molecule has 0 saturated heterocycles. The van der Waals surface area contributed by atoms with Gasteiger partial charge < -0.3 is 15.2 Å². The van der Waals surface area contributed by atoms with Gasteiger partial charge in [-0.25, -0.2) is 4.79 Å². The third kappa shape index (κ3) is 4.33. The van der Waals surface area contributed by atoms with Gasteiger partial charge in [0.1, 0.15) is 5.75 Å². The maximum absolute atomic E-state index is 12.2. The summed E-state index contributed by atoms with van der Waals surface area (Å²) in [5.74, 6) is -0.433. The van der Waals surface area contributed by atoms with E-state index in [1.165, 1.54) is 11.8 Å². The number of carbonyl (C=O) groups is 2. The van der Waals surface area contributed by atoms with Crippen LogP contribution in [0.3, 0.4) is 0 Å². The summed E-state index contributed by atoms with van der Waals surface area (Å²) in [6, 6.07) is 12.0. The second-order valence-electron chi connectivity index (χ2n) is 5.91. The van der Waals surface area contributed by atoms with Crippen LogP contribution in [0.15, 0.2) is 47.4 Å². The molecule has 0 saturated carbocycles. The van der Waals surface area contributed by atoms with Crippen LogP contribution >= 0.6 is 11.8 Å². The van der Waals surface area contributed by atoms with Crippen molar-refractivity contribution in [2.24, 2.45) is 0 Å². The fraction of sp³-hybridized carbons (Fsp3) is 0.263. The molecule has 2 aromatic rings. The summed E-state index contributed by atoms with van der Waals surface area (Å²) in [5, 5.41) is 12.1. The maximum Gasteiger partial charge on any atom is 0.330 e. The van der Waals surface area contributed by atoms with Crippen molar-refractivity contribution in [1.82, 2.24) is 5.32 Å². The number of amides is 1. The van der Waals surface area contributed by atoms with Gasteiger partial charge in [0.25, 0.3) is 0 Å². The fourth-order valence-corrected chi connectivity index (χ4v) is 3.37. The van der Waals surface area contributed by atoms with E-state index in [0.29, 0.717) is 12.2 Å². The summed E-state index contributed by atoms with van der Waals surface area (Å²) in [6.45, 7) is 2.61. The lowest BCUT2D eigenvalue weighted by Gasteiger charge is -2.15. The van der Waals surface area contributed by atoms with Crippen molar-refractivity contribution in [3.63, 3.8) is 0 Å². The van der Waals surface area contributed by atoms with E-state index in [4.69, 9.17) is 4.74 Å². The van der Waals surface area contributed by atoms with Crippen molar-refractivity contribution < 1.29 is 19.4 Å². The Morgan fingerprint density at radius 2 is 2.00 bits per heavy atom. The molecule has 1 aliphatic heterocycles. The van der Waals surface area contributed by atoms with Crippen molar-refractivity contribution in [2.75, 3.05) is 12.4 Å². The van der Waals surface area contributed by atoms with Crippen LogP contribution in [-0.2, 0) is 16.0 Å². The molecule has 2 N–H and O–H groups in total. The number of rotatable bonds is 6. The molecular formula is C19H19NO4S. The van der Waals surface area contributed by atoms with E-state index in [9.17, 15) is 14.7 Å². The predicted octanol–water partition coefficient (Wildman–Crippen LogP) is 2.96. The molecule has 1 unspecified atom stereocenters. The van der Waals surface area contributed by atoms with Gasteiger partial charge in [0, 0.05) is 11.3 Å². The molecule has 2 aromatic carbocycles. The number of ether oxygens (including phenoxy) is 1. The minimum Gasteiger partial charge on any atom is -0.493 e. The molecule has 0 aromatic heterocycles. The third-order valence-corrected chi connectivity index (χ3v) is 5.00. The third-order valence-electron chi connectivity index (χ3n) is 3.99. The Labute approximate surface area is 150 Å². The van der Waals surface area contributed by atoms with E-state index in [2.05, 4.69) is 5.32 Å². The first-order valence-corrected chi connectivity index (χ1v) is 8.99. The Morgan fingerprint density at radius 3 is 2.72 bits per heavy atom. The number of nitrogens with one attached hydrogen (secondary N) is 1. The molecule has 0 radical (unpaired) electrons. The predicted molar refractivity (Wildman–Crippen MR) is 96.1 cm³/mol. The number of carboxylic acids is 1. The minimum atomic E-state index is -1.08. The quantitative estimate of drug-likeness (QED) is 0.778. The van der Waals surface area contributed by atoms with Gasteiger partial charge in [-0.2, -0.15) is 0 Å². The van der Waals surface area contributed by atoms with Gasteiger partial charge in [-0.05, 0) is 42.3 Å². The van der Waals surface area contributed by atoms with Crippen LogP contribution in [0.5, 0.6) is 5.75 Å². The molecule has 0 spiro atoms. The highest BCUT2D eigenvalue weighted by Crippen LogP contribution is 2.28. The van der Waals surface area contributed by atoms with E-state index in [1.807, 2.05) is 31.2 Å². The average molecular weight is 357 g/mol. The summed E-state index contributed by atoms with van der Waals surface area (Å²) in [5.41, 5.74) is 2.69. The maximum atomic E-state index is 12.2. The van der Waals surface area contributed by atoms with Crippen molar-refractivity contribution in [3.8, 4) is 5.75 Å². The number of fused-ring (bicyclic) bond motifs is 1. The zero-order valence-corrected chi connectivity index (χ0v) is 14.6. The van der Waals surface area contributed by atoms with Gasteiger partial charge in [0.2, 0.25) is 5.91 Å². The fourth-order valence-electron chi connectivity index (χ4n) is 2.66. The summed E-state index contributed by atoms with van der Waals surface area (Å²) in [6.07, 6.45) is 0.757. The van der Waals surface area contributed by atoms with E-state index in [0.717, 1.165) is 28.2 Å². The van der Waals surface area contributed by atoms with Gasteiger partial charge in [0.05, 0.1) is 12.4 Å². The summed E-state index contributed by atoms with van der Waals surface area (Å²) >= 11 is 1.38. The van der Waals surface area contributed by atoms with E-state index in [-0.39, 0.29) is 11.7 Å². The largest absolute Gasteiger partial charge is 0.493 e. The topological polar surface area (TPSA) is 75.6 Å². The Kier molecular flexibility index (Phi) is 5.28. The number of aliphatic carboxylic acids is 1. The molecule has 6 heteroatoms. The van der Waals surface area contributed by atoms with Crippen LogP contribution in [0.4, 0.5) is 0 Å². The second kappa shape index (κ2) is 7.61. The summed E-state index contributed by atoms with van der Waals surface area (Å²) in [4.78, 5) is 24.8. The molecule has 0 aliphatic carbocycles. The molecule has 5 nitrogen and oxygen atoms in total. The highest BCUT2D eigenvalue weighted by atomic mass is 32.2. The molecule has 130 valence electrons. The lowest BCUT2D eigenvalue weighted by Crippen LogP contribution is -2.34. The SMILES string of the molecule is Cc1ccc(SCC(=O)NC(C(=O)O)c2ccc3c(c2)CCO3)cc1. The number of hydrogen-bond donors (Lipinski definition) is 2. The van der Waals surface area contributed by atoms with Crippen LogP contribution < -0.4 is 10.1 Å². The van der Waals surface area contributed by atoms with Crippen molar-refractivity contribution in [3.05, 3.63) is 59.2 Å².